The van der Waals surface area contributed by atoms with Crippen molar-refractivity contribution in [2.24, 2.45) is 5.92 Å². The maximum atomic E-state index is 12.9. The van der Waals surface area contributed by atoms with E-state index in [1.54, 1.807) is 30.7 Å². The fourth-order valence-electron chi connectivity index (χ4n) is 3.70. The fraction of sp³-hybridized carbons (Fsp3) is 0.444. The Bertz CT molecular complexity index is 773. The van der Waals surface area contributed by atoms with E-state index in [1.807, 2.05) is 16.0 Å². The molecule has 0 aromatic carbocycles. The van der Waals surface area contributed by atoms with Gasteiger partial charge in [-0.3, -0.25) is 14.6 Å². The van der Waals surface area contributed by atoms with E-state index in [9.17, 15) is 9.59 Å². The SMILES string of the molecule is O=C1CCCN1CC1CN(C(=O)c2ccncc2)Cc2nccn2C1. The van der Waals surface area contributed by atoms with Crippen LogP contribution in [0.4, 0.5) is 0 Å². The molecule has 2 aromatic rings. The lowest BCUT2D eigenvalue weighted by molar-refractivity contribution is -0.128. The molecule has 0 spiro atoms. The number of fused-ring (bicyclic) bond motifs is 1. The molecule has 1 unspecified atom stereocenters. The Kier molecular flexibility index (Phi) is 4.21. The number of hydrogen-bond acceptors (Lipinski definition) is 4. The standard InChI is InChI=1S/C18H21N5O2/c24-17-2-1-8-22(17)11-14-10-21-9-7-20-16(21)13-23(12-14)18(25)15-3-5-19-6-4-15/h3-7,9,14H,1-2,8,10-13H2. The van der Waals surface area contributed by atoms with Crippen molar-refractivity contribution < 1.29 is 9.59 Å². The minimum Gasteiger partial charge on any atom is -0.342 e. The van der Waals surface area contributed by atoms with Crippen LogP contribution in [0.5, 0.6) is 0 Å². The third-order valence-electron chi connectivity index (χ3n) is 4.93. The second-order valence-electron chi connectivity index (χ2n) is 6.73. The van der Waals surface area contributed by atoms with Gasteiger partial charge in [-0.1, -0.05) is 0 Å². The summed E-state index contributed by atoms with van der Waals surface area (Å²) in [7, 11) is 0. The molecular weight excluding hydrogens is 318 g/mol. The van der Waals surface area contributed by atoms with E-state index >= 15 is 0 Å². The summed E-state index contributed by atoms with van der Waals surface area (Å²) in [5.74, 6) is 1.29. The fourth-order valence-corrected chi connectivity index (χ4v) is 3.70. The molecule has 2 aliphatic rings. The lowest BCUT2D eigenvalue weighted by atomic mass is 10.1. The predicted molar refractivity (Wildman–Crippen MR) is 90.5 cm³/mol. The van der Waals surface area contributed by atoms with Gasteiger partial charge in [-0.15, -0.1) is 0 Å². The lowest BCUT2D eigenvalue weighted by Gasteiger charge is -2.27. The van der Waals surface area contributed by atoms with Crippen molar-refractivity contribution in [2.45, 2.75) is 25.9 Å². The van der Waals surface area contributed by atoms with Crippen LogP contribution in [-0.2, 0) is 17.9 Å². The highest BCUT2D eigenvalue weighted by atomic mass is 16.2. The van der Waals surface area contributed by atoms with E-state index in [0.29, 0.717) is 31.6 Å². The van der Waals surface area contributed by atoms with E-state index in [-0.39, 0.29) is 17.7 Å². The van der Waals surface area contributed by atoms with Crippen LogP contribution in [0.3, 0.4) is 0 Å². The second kappa shape index (κ2) is 6.66. The zero-order chi connectivity index (χ0) is 17.2. The van der Waals surface area contributed by atoms with Crippen molar-refractivity contribution >= 4 is 11.8 Å². The number of nitrogens with zero attached hydrogens (tertiary/aromatic N) is 5. The van der Waals surface area contributed by atoms with Gasteiger partial charge in [-0.05, 0) is 18.6 Å². The summed E-state index contributed by atoms with van der Waals surface area (Å²) < 4.78 is 2.10. The normalized spacial score (nSPS) is 20.5. The first-order valence-electron chi connectivity index (χ1n) is 8.68. The highest BCUT2D eigenvalue weighted by Crippen LogP contribution is 2.20. The number of aromatic nitrogens is 3. The molecule has 2 amide bonds. The van der Waals surface area contributed by atoms with Crippen molar-refractivity contribution in [3.8, 4) is 0 Å². The lowest BCUT2D eigenvalue weighted by Crippen LogP contribution is -2.39. The Morgan fingerprint density at radius 3 is 2.80 bits per heavy atom. The average molecular weight is 339 g/mol. The van der Waals surface area contributed by atoms with Gasteiger partial charge in [0.2, 0.25) is 5.91 Å². The minimum absolute atomic E-state index is 0.0170. The van der Waals surface area contributed by atoms with Gasteiger partial charge >= 0.3 is 0 Å². The van der Waals surface area contributed by atoms with E-state index in [4.69, 9.17) is 0 Å². The predicted octanol–water partition coefficient (Wildman–Crippen LogP) is 1.17. The van der Waals surface area contributed by atoms with Gasteiger partial charge in [0.25, 0.3) is 5.91 Å². The Morgan fingerprint density at radius 1 is 1.20 bits per heavy atom. The summed E-state index contributed by atoms with van der Waals surface area (Å²) in [5.41, 5.74) is 0.631. The highest BCUT2D eigenvalue weighted by molar-refractivity contribution is 5.94. The van der Waals surface area contributed by atoms with E-state index < -0.39 is 0 Å². The molecule has 4 rings (SSSR count). The monoisotopic (exact) mass is 339 g/mol. The summed E-state index contributed by atoms with van der Waals surface area (Å²) in [6.07, 6.45) is 8.56. The molecule has 130 valence electrons. The Balaban J connectivity index is 1.57. The van der Waals surface area contributed by atoms with Gasteiger partial charge in [0, 0.05) is 68.9 Å². The van der Waals surface area contributed by atoms with Crippen molar-refractivity contribution in [1.29, 1.82) is 0 Å². The van der Waals surface area contributed by atoms with Crippen LogP contribution in [0.2, 0.25) is 0 Å². The third-order valence-corrected chi connectivity index (χ3v) is 4.93. The smallest absolute Gasteiger partial charge is 0.254 e. The molecule has 7 heteroatoms. The largest absolute Gasteiger partial charge is 0.342 e. The number of hydrogen-bond donors (Lipinski definition) is 0. The van der Waals surface area contributed by atoms with Crippen LogP contribution < -0.4 is 0 Å². The third kappa shape index (κ3) is 3.26. The molecule has 0 saturated carbocycles. The molecule has 1 fully saturated rings. The summed E-state index contributed by atoms with van der Waals surface area (Å²) in [5, 5.41) is 0. The van der Waals surface area contributed by atoms with E-state index in [1.165, 1.54) is 0 Å². The molecule has 1 atom stereocenters. The van der Waals surface area contributed by atoms with Gasteiger partial charge < -0.3 is 14.4 Å². The van der Waals surface area contributed by atoms with E-state index in [2.05, 4.69) is 14.5 Å². The molecule has 1 saturated heterocycles. The van der Waals surface area contributed by atoms with Crippen LogP contribution in [0.15, 0.2) is 36.9 Å². The second-order valence-corrected chi connectivity index (χ2v) is 6.73. The molecule has 25 heavy (non-hydrogen) atoms. The van der Waals surface area contributed by atoms with Gasteiger partial charge in [0.05, 0.1) is 6.54 Å². The van der Waals surface area contributed by atoms with Crippen molar-refractivity contribution in [2.75, 3.05) is 19.6 Å². The summed E-state index contributed by atoms with van der Waals surface area (Å²) >= 11 is 0. The molecule has 7 nitrogen and oxygen atoms in total. The minimum atomic E-state index is -0.0170. The zero-order valence-electron chi connectivity index (χ0n) is 14.0. The maximum Gasteiger partial charge on any atom is 0.254 e. The van der Waals surface area contributed by atoms with Crippen LogP contribution in [-0.4, -0.2) is 55.8 Å². The molecule has 0 aliphatic carbocycles. The number of pyridine rings is 1. The first-order valence-corrected chi connectivity index (χ1v) is 8.68. The van der Waals surface area contributed by atoms with Gasteiger partial charge in [-0.2, -0.15) is 0 Å². The molecule has 0 N–H and O–H groups in total. The van der Waals surface area contributed by atoms with Gasteiger partial charge in [-0.25, -0.2) is 4.98 Å². The van der Waals surface area contributed by atoms with Crippen LogP contribution >= 0.6 is 0 Å². The average Bonchev–Trinajstić information content (AvgIpc) is 3.19. The molecule has 0 radical (unpaired) electrons. The number of carbonyl (C=O) groups is 2. The van der Waals surface area contributed by atoms with Crippen molar-refractivity contribution in [1.82, 2.24) is 24.3 Å². The number of likely N-dealkylation sites (tertiary alicyclic amines) is 1. The molecule has 2 aliphatic heterocycles. The van der Waals surface area contributed by atoms with Gasteiger partial charge in [0.1, 0.15) is 5.82 Å². The molecule has 2 aromatic heterocycles. The van der Waals surface area contributed by atoms with Crippen molar-refractivity contribution in [3.05, 3.63) is 48.3 Å². The number of imidazole rings is 1. The Labute approximate surface area is 146 Å². The van der Waals surface area contributed by atoms with Gasteiger partial charge in [0.15, 0.2) is 0 Å². The Hall–Kier alpha value is -2.70. The number of carbonyl (C=O) groups excluding carboxylic acids is 2. The summed E-state index contributed by atoms with van der Waals surface area (Å²) in [4.78, 5) is 37.0. The zero-order valence-corrected chi connectivity index (χ0v) is 14.0. The number of rotatable bonds is 3. The van der Waals surface area contributed by atoms with Crippen LogP contribution in [0.25, 0.3) is 0 Å². The van der Waals surface area contributed by atoms with E-state index in [0.717, 1.165) is 25.3 Å². The Morgan fingerprint density at radius 2 is 2.04 bits per heavy atom. The summed E-state index contributed by atoms with van der Waals surface area (Å²) in [6.45, 7) is 3.40. The first-order chi connectivity index (χ1) is 12.2. The maximum absolute atomic E-state index is 12.9. The first kappa shape index (κ1) is 15.8. The summed E-state index contributed by atoms with van der Waals surface area (Å²) in [6, 6.07) is 3.47. The topological polar surface area (TPSA) is 71.3 Å². The molecule has 0 bridgehead atoms. The number of amides is 2. The highest BCUT2D eigenvalue weighted by Gasteiger charge is 2.30. The molecular formula is C18H21N5O2. The molecule has 4 heterocycles. The quantitative estimate of drug-likeness (QED) is 0.842. The van der Waals surface area contributed by atoms with Crippen LogP contribution in [0, 0.1) is 5.92 Å². The van der Waals surface area contributed by atoms with Crippen molar-refractivity contribution in [3.63, 3.8) is 0 Å². The van der Waals surface area contributed by atoms with Crippen LogP contribution in [0.1, 0.15) is 29.0 Å².